The minimum Gasteiger partial charge on any atom is -0.452 e. The lowest BCUT2D eigenvalue weighted by atomic mass is 10.2. The summed E-state index contributed by atoms with van der Waals surface area (Å²) in [5.74, 6) is -0.0717. The van der Waals surface area contributed by atoms with Crippen LogP contribution in [0.25, 0.3) is 0 Å². The van der Waals surface area contributed by atoms with E-state index in [1.54, 1.807) is 28.5 Å². The van der Waals surface area contributed by atoms with Crippen LogP contribution in [0.5, 0.6) is 0 Å². The van der Waals surface area contributed by atoms with E-state index in [1.165, 1.54) is 6.26 Å². The van der Waals surface area contributed by atoms with Gasteiger partial charge >= 0.3 is 0 Å². The molecular formula is C12H12ClN3O2S. The van der Waals surface area contributed by atoms with Crippen LogP contribution in [-0.4, -0.2) is 42.0 Å². The second-order valence-electron chi connectivity index (χ2n) is 4.20. The van der Waals surface area contributed by atoms with E-state index in [0.29, 0.717) is 18.7 Å². The Morgan fingerprint density at radius 1 is 1.37 bits per heavy atom. The summed E-state index contributed by atoms with van der Waals surface area (Å²) in [6, 6.07) is 1.61. The van der Waals surface area contributed by atoms with Gasteiger partial charge in [0.05, 0.1) is 11.8 Å². The molecule has 2 aromatic rings. The SMILES string of the molecule is O=C(c1ccoc1Cl)N1CCN(c2nccs2)CC1. The molecule has 1 amide bonds. The summed E-state index contributed by atoms with van der Waals surface area (Å²) in [4.78, 5) is 20.5. The summed E-state index contributed by atoms with van der Waals surface area (Å²) in [6.07, 6.45) is 3.23. The largest absolute Gasteiger partial charge is 0.452 e. The zero-order valence-corrected chi connectivity index (χ0v) is 11.7. The van der Waals surface area contributed by atoms with Crippen LogP contribution < -0.4 is 4.90 Å². The van der Waals surface area contributed by atoms with Crippen molar-refractivity contribution in [2.45, 2.75) is 0 Å². The topological polar surface area (TPSA) is 49.6 Å². The molecule has 5 nitrogen and oxygen atoms in total. The highest BCUT2D eigenvalue weighted by atomic mass is 35.5. The Kier molecular flexibility index (Phi) is 3.44. The van der Waals surface area contributed by atoms with Crippen LogP contribution in [0.15, 0.2) is 28.3 Å². The van der Waals surface area contributed by atoms with Crippen molar-refractivity contribution in [1.29, 1.82) is 0 Å². The number of nitrogens with zero attached hydrogens (tertiary/aromatic N) is 3. The molecule has 3 rings (SSSR count). The molecular weight excluding hydrogens is 286 g/mol. The molecule has 0 radical (unpaired) electrons. The molecule has 0 aromatic carbocycles. The summed E-state index contributed by atoms with van der Waals surface area (Å²) in [7, 11) is 0. The van der Waals surface area contributed by atoms with Gasteiger partial charge in [0, 0.05) is 37.8 Å². The first kappa shape index (κ1) is 12.5. The lowest BCUT2D eigenvalue weighted by Gasteiger charge is -2.34. The van der Waals surface area contributed by atoms with Gasteiger partial charge in [-0.25, -0.2) is 4.98 Å². The molecule has 0 atom stereocenters. The summed E-state index contributed by atoms with van der Waals surface area (Å²) in [5, 5.41) is 3.12. The number of halogens is 1. The van der Waals surface area contributed by atoms with Gasteiger partial charge in [0.2, 0.25) is 5.22 Å². The molecule has 7 heteroatoms. The molecule has 1 fully saturated rings. The van der Waals surface area contributed by atoms with Crippen LogP contribution in [0.4, 0.5) is 5.13 Å². The van der Waals surface area contributed by atoms with Gasteiger partial charge in [-0.05, 0) is 17.7 Å². The van der Waals surface area contributed by atoms with Crippen LogP contribution in [0.1, 0.15) is 10.4 Å². The van der Waals surface area contributed by atoms with E-state index < -0.39 is 0 Å². The van der Waals surface area contributed by atoms with E-state index in [0.717, 1.165) is 18.2 Å². The van der Waals surface area contributed by atoms with Gasteiger partial charge in [-0.1, -0.05) is 0 Å². The third-order valence-electron chi connectivity index (χ3n) is 3.11. The molecule has 0 bridgehead atoms. The predicted molar refractivity (Wildman–Crippen MR) is 73.9 cm³/mol. The van der Waals surface area contributed by atoms with Gasteiger partial charge in [-0.3, -0.25) is 4.79 Å². The molecule has 1 aliphatic rings. The van der Waals surface area contributed by atoms with Gasteiger partial charge in [-0.15, -0.1) is 11.3 Å². The van der Waals surface area contributed by atoms with Crippen molar-refractivity contribution in [2.24, 2.45) is 0 Å². The molecule has 1 saturated heterocycles. The van der Waals surface area contributed by atoms with E-state index >= 15 is 0 Å². The number of hydrogen-bond donors (Lipinski definition) is 0. The van der Waals surface area contributed by atoms with Gasteiger partial charge in [0.1, 0.15) is 0 Å². The molecule has 0 aliphatic carbocycles. The van der Waals surface area contributed by atoms with Crippen molar-refractivity contribution >= 4 is 34.0 Å². The highest BCUT2D eigenvalue weighted by Crippen LogP contribution is 2.22. The van der Waals surface area contributed by atoms with Crippen LogP contribution in [0.3, 0.4) is 0 Å². The fourth-order valence-electron chi connectivity index (χ4n) is 2.09. The summed E-state index contributed by atoms with van der Waals surface area (Å²) < 4.78 is 4.96. The van der Waals surface area contributed by atoms with E-state index in [2.05, 4.69) is 9.88 Å². The molecule has 2 aromatic heterocycles. The van der Waals surface area contributed by atoms with E-state index in [-0.39, 0.29) is 11.1 Å². The van der Waals surface area contributed by atoms with Gasteiger partial charge < -0.3 is 14.2 Å². The number of carbonyl (C=O) groups is 1. The lowest BCUT2D eigenvalue weighted by molar-refractivity contribution is 0.0746. The molecule has 0 unspecified atom stereocenters. The third kappa shape index (κ3) is 2.46. The number of carbonyl (C=O) groups excluding carboxylic acids is 1. The predicted octanol–water partition coefficient (Wildman–Crippen LogP) is 2.35. The number of piperazine rings is 1. The van der Waals surface area contributed by atoms with Crippen molar-refractivity contribution in [1.82, 2.24) is 9.88 Å². The Hall–Kier alpha value is -1.53. The second kappa shape index (κ2) is 5.22. The number of hydrogen-bond acceptors (Lipinski definition) is 5. The average Bonchev–Trinajstić information content (AvgIpc) is 3.09. The number of furan rings is 1. The summed E-state index contributed by atoms with van der Waals surface area (Å²) in [6.45, 7) is 2.91. The van der Waals surface area contributed by atoms with Crippen molar-refractivity contribution in [3.8, 4) is 0 Å². The van der Waals surface area contributed by atoms with Crippen LogP contribution in [-0.2, 0) is 0 Å². The quantitative estimate of drug-likeness (QED) is 0.854. The maximum absolute atomic E-state index is 12.2. The van der Waals surface area contributed by atoms with Crippen LogP contribution >= 0.6 is 22.9 Å². The smallest absolute Gasteiger partial charge is 0.258 e. The maximum Gasteiger partial charge on any atom is 0.258 e. The molecule has 0 spiro atoms. The van der Waals surface area contributed by atoms with Crippen LogP contribution in [0, 0.1) is 0 Å². The number of amides is 1. The number of thiazole rings is 1. The zero-order chi connectivity index (χ0) is 13.2. The fraction of sp³-hybridized carbons (Fsp3) is 0.333. The van der Waals surface area contributed by atoms with E-state index in [1.807, 2.05) is 5.38 Å². The average molecular weight is 298 g/mol. The van der Waals surface area contributed by atoms with Gasteiger partial charge in [0.25, 0.3) is 5.91 Å². The minimum absolute atomic E-state index is 0.0717. The zero-order valence-electron chi connectivity index (χ0n) is 10.1. The summed E-state index contributed by atoms with van der Waals surface area (Å²) in [5.41, 5.74) is 0.435. The lowest BCUT2D eigenvalue weighted by Crippen LogP contribution is -2.48. The Morgan fingerprint density at radius 3 is 2.74 bits per heavy atom. The standard InChI is InChI=1S/C12H12ClN3O2S/c13-10-9(1-7-18-10)11(17)15-3-5-16(6-4-15)12-14-2-8-19-12/h1-2,7-8H,3-6H2. The number of rotatable bonds is 2. The normalized spacial score (nSPS) is 15.8. The second-order valence-corrected chi connectivity index (χ2v) is 5.42. The summed E-state index contributed by atoms with van der Waals surface area (Å²) >= 11 is 7.45. The highest BCUT2D eigenvalue weighted by molar-refractivity contribution is 7.13. The molecule has 19 heavy (non-hydrogen) atoms. The molecule has 3 heterocycles. The maximum atomic E-state index is 12.2. The Labute approximate surface area is 119 Å². The minimum atomic E-state index is -0.0717. The molecule has 100 valence electrons. The monoisotopic (exact) mass is 297 g/mol. The Bertz CT molecular complexity index is 561. The van der Waals surface area contributed by atoms with E-state index in [4.69, 9.17) is 16.0 Å². The number of aromatic nitrogens is 1. The van der Waals surface area contributed by atoms with Crippen molar-refractivity contribution in [3.63, 3.8) is 0 Å². The first-order chi connectivity index (χ1) is 9.25. The third-order valence-corrected chi connectivity index (χ3v) is 4.23. The Balaban J connectivity index is 1.64. The fourth-order valence-corrected chi connectivity index (χ4v) is 2.98. The van der Waals surface area contributed by atoms with Gasteiger partial charge in [0.15, 0.2) is 5.13 Å². The molecule has 1 aliphatic heterocycles. The molecule has 0 saturated carbocycles. The first-order valence-electron chi connectivity index (χ1n) is 5.92. The van der Waals surface area contributed by atoms with E-state index in [9.17, 15) is 4.79 Å². The number of anilines is 1. The first-order valence-corrected chi connectivity index (χ1v) is 7.18. The van der Waals surface area contributed by atoms with Crippen molar-refractivity contribution in [2.75, 3.05) is 31.1 Å². The van der Waals surface area contributed by atoms with Crippen LogP contribution in [0.2, 0.25) is 5.22 Å². The Morgan fingerprint density at radius 2 is 2.16 bits per heavy atom. The molecule has 0 N–H and O–H groups in total. The van der Waals surface area contributed by atoms with Gasteiger partial charge in [-0.2, -0.15) is 0 Å². The van der Waals surface area contributed by atoms with Crippen molar-refractivity contribution < 1.29 is 9.21 Å². The highest BCUT2D eigenvalue weighted by Gasteiger charge is 2.25. The van der Waals surface area contributed by atoms with Crippen molar-refractivity contribution in [3.05, 3.63) is 34.7 Å².